The molecule has 3 heteroatoms. The predicted molar refractivity (Wildman–Crippen MR) is 94.9 cm³/mol. The van der Waals surface area contributed by atoms with Crippen molar-refractivity contribution in [3.63, 3.8) is 0 Å². The molecule has 0 spiro atoms. The number of anilines is 1. The largest absolute Gasteiger partial charge is 0.464 e. The minimum absolute atomic E-state index is 0.971. The van der Waals surface area contributed by atoms with Crippen LogP contribution in [0.15, 0.2) is 59.2 Å². The minimum Gasteiger partial charge on any atom is -0.464 e. The zero-order valence-corrected chi connectivity index (χ0v) is 13.5. The van der Waals surface area contributed by atoms with Gasteiger partial charge in [0.25, 0.3) is 0 Å². The lowest BCUT2D eigenvalue weighted by Gasteiger charge is -2.36. The number of rotatable bonds is 3. The first-order valence-electron chi connectivity index (χ1n) is 8.29. The summed E-state index contributed by atoms with van der Waals surface area (Å²) in [5, 5.41) is 1.24. The van der Waals surface area contributed by atoms with E-state index in [-0.39, 0.29) is 0 Å². The third kappa shape index (κ3) is 2.84. The van der Waals surface area contributed by atoms with Crippen LogP contribution in [0.1, 0.15) is 11.1 Å². The van der Waals surface area contributed by atoms with Gasteiger partial charge in [-0.2, -0.15) is 0 Å². The normalized spacial score (nSPS) is 16.1. The first-order chi connectivity index (χ1) is 11.3. The third-order valence-corrected chi connectivity index (χ3v) is 4.78. The number of hydrogen-bond donors (Lipinski definition) is 0. The topological polar surface area (TPSA) is 19.6 Å². The molecule has 23 heavy (non-hydrogen) atoms. The van der Waals surface area contributed by atoms with E-state index in [9.17, 15) is 0 Å². The maximum Gasteiger partial charge on any atom is 0.134 e. The lowest BCUT2D eigenvalue weighted by atomic mass is 10.1. The molecule has 0 radical (unpaired) electrons. The monoisotopic (exact) mass is 306 g/mol. The summed E-state index contributed by atoms with van der Waals surface area (Å²) in [6.07, 6.45) is 1.92. The van der Waals surface area contributed by atoms with Crippen LogP contribution in [-0.2, 0) is 6.54 Å². The van der Waals surface area contributed by atoms with Crippen LogP contribution in [0.4, 0.5) is 5.69 Å². The Kier molecular flexibility index (Phi) is 3.80. The highest BCUT2D eigenvalue weighted by molar-refractivity contribution is 5.80. The van der Waals surface area contributed by atoms with Gasteiger partial charge >= 0.3 is 0 Å². The fourth-order valence-corrected chi connectivity index (χ4v) is 3.46. The summed E-state index contributed by atoms with van der Waals surface area (Å²) in [6, 6.07) is 17.0. The first kappa shape index (κ1) is 14.3. The Balaban J connectivity index is 1.43. The number of hydrogen-bond acceptors (Lipinski definition) is 3. The summed E-state index contributed by atoms with van der Waals surface area (Å²) in [7, 11) is 0. The summed E-state index contributed by atoms with van der Waals surface area (Å²) >= 11 is 0. The quantitative estimate of drug-likeness (QED) is 0.727. The van der Waals surface area contributed by atoms with Crippen molar-refractivity contribution in [3.05, 3.63) is 65.9 Å². The van der Waals surface area contributed by atoms with Crippen molar-refractivity contribution in [1.82, 2.24) is 4.90 Å². The van der Waals surface area contributed by atoms with E-state index in [0.29, 0.717) is 0 Å². The first-order valence-corrected chi connectivity index (χ1v) is 8.29. The average molecular weight is 306 g/mol. The van der Waals surface area contributed by atoms with Gasteiger partial charge in [-0.1, -0.05) is 36.4 Å². The van der Waals surface area contributed by atoms with Gasteiger partial charge in [-0.25, -0.2) is 0 Å². The number of para-hydroxylation sites is 2. The van der Waals surface area contributed by atoms with Gasteiger partial charge in [-0.05, 0) is 24.6 Å². The van der Waals surface area contributed by atoms with E-state index in [4.69, 9.17) is 4.42 Å². The molecule has 0 atom stereocenters. The zero-order valence-electron chi connectivity index (χ0n) is 13.5. The Morgan fingerprint density at radius 3 is 2.48 bits per heavy atom. The Morgan fingerprint density at radius 2 is 1.65 bits per heavy atom. The Labute approximate surface area is 137 Å². The summed E-state index contributed by atoms with van der Waals surface area (Å²) < 4.78 is 5.66. The summed E-state index contributed by atoms with van der Waals surface area (Å²) in [4.78, 5) is 5.02. The maximum atomic E-state index is 5.66. The van der Waals surface area contributed by atoms with E-state index in [1.54, 1.807) is 0 Å². The minimum atomic E-state index is 0.971. The Bertz CT molecular complexity index is 800. The van der Waals surface area contributed by atoms with Gasteiger partial charge in [-0.15, -0.1) is 0 Å². The standard InChI is InChI=1S/C20H22N2O/c1-16-6-2-4-8-19(16)22-12-10-21(11-13-22)14-17-15-23-20-9-5-3-7-18(17)20/h2-9,15H,10-14H2,1H3. The highest BCUT2D eigenvalue weighted by Crippen LogP contribution is 2.24. The second-order valence-corrected chi connectivity index (χ2v) is 6.31. The number of piperazine rings is 1. The van der Waals surface area contributed by atoms with Gasteiger partial charge in [0.05, 0.1) is 6.26 Å². The van der Waals surface area contributed by atoms with Crippen molar-refractivity contribution in [1.29, 1.82) is 0 Å². The molecule has 1 saturated heterocycles. The number of aryl methyl sites for hydroxylation is 1. The number of benzene rings is 2. The van der Waals surface area contributed by atoms with Crippen LogP contribution < -0.4 is 4.90 Å². The van der Waals surface area contributed by atoms with Crippen molar-refractivity contribution < 1.29 is 4.42 Å². The summed E-state index contributed by atoms with van der Waals surface area (Å²) in [5.74, 6) is 0. The van der Waals surface area contributed by atoms with E-state index in [0.717, 1.165) is 38.3 Å². The second-order valence-electron chi connectivity index (χ2n) is 6.31. The highest BCUT2D eigenvalue weighted by Gasteiger charge is 2.19. The van der Waals surface area contributed by atoms with E-state index in [2.05, 4.69) is 53.1 Å². The summed E-state index contributed by atoms with van der Waals surface area (Å²) in [5.41, 5.74) is 5.02. The molecule has 2 aromatic carbocycles. The smallest absolute Gasteiger partial charge is 0.134 e. The average Bonchev–Trinajstić information content (AvgIpc) is 2.99. The molecular formula is C20H22N2O. The molecule has 118 valence electrons. The number of nitrogens with zero attached hydrogens (tertiary/aromatic N) is 2. The molecule has 0 amide bonds. The molecule has 3 aromatic rings. The lowest BCUT2D eigenvalue weighted by Crippen LogP contribution is -2.46. The SMILES string of the molecule is Cc1ccccc1N1CCN(Cc2coc3ccccc23)CC1. The van der Waals surface area contributed by atoms with Crippen LogP contribution in [0.25, 0.3) is 11.0 Å². The fourth-order valence-electron chi connectivity index (χ4n) is 3.46. The van der Waals surface area contributed by atoms with E-state index < -0.39 is 0 Å². The maximum absolute atomic E-state index is 5.66. The van der Waals surface area contributed by atoms with Crippen molar-refractivity contribution in [2.24, 2.45) is 0 Å². The highest BCUT2D eigenvalue weighted by atomic mass is 16.3. The molecule has 1 fully saturated rings. The molecule has 4 rings (SSSR count). The molecule has 0 bridgehead atoms. The Hall–Kier alpha value is -2.26. The van der Waals surface area contributed by atoms with Crippen molar-refractivity contribution in [3.8, 4) is 0 Å². The van der Waals surface area contributed by atoms with Crippen LogP contribution in [-0.4, -0.2) is 31.1 Å². The van der Waals surface area contributed by atoms with Gasteiger partial charge in [0, 0.05) is 49.4 Å². The fraction of sp³-hybridized carbons (Fsp3) is 0.300. The Morgan fingerprint density at radius 1 is 0.913 bits per heavy atom. The van der Waals surface area contributed by atoms with Crippen LogP contribution in [0.5, 0.6) is 0 Å². The van der Waals surface area contributed by atoms with E-state index >= 15 is 0 Å². The van der Waals surface area contributed by atoms with E-state index in [1.165, 1.54) is 22.2 Å². The van der Waals surface area contributed by atoms with Gasteiger partial charge in [0.15, 0.2) is 0 Å². The third-order valence-electron chi connectivity index (χ3n) is 4.78. The van der Waals surface area contributed by atoms with Crippen molar-refractivity contribution in [2.45, 2.75) is 13.5 Å². The van der Waals surface area contributed by atoms with Crippen LogP contribution >= 0.6 is 0 Å². The molecule has 0 N–H and O–H groups in total. The summed E-state index contributed by atoms with van der Waals surface area (Å²) in [6.45, 7) is 7.51. The molecule has 0 saturated carbocycles. The molecule has 1 aliphatic heterocycles. The van der Waals surface area contributed by atoms with Crippen LogP contribution in [0.3, 0.4) is 0 Å². The van der Waals surface area contributed by atoms with E-state index in [1.807, 2.05) is 18.4 Å². The molecule has 0 unspecified atom stereocenters. The van der Waals surface area contributed by atoms with Crippen molar-refractivity contribution >= 4 is 16.7 Å². The van der Waals surface area contributed by atoms with Gasteiger partial charge in [0.2, 0.25) is 0 Å². The van der Waals surface area contributed by atoms with Gasteiger partial charge < -0.3 is 9.32 Å². The van der Waals surface area contributed by atoms with Gasteiger partial charge in [0.1, 0.15) is 5.58 Å². The molecule has 2 heterocycles. The van der Waals surface area contributed by atoms with Crippen LogP contribution in [0, 0.1) is 6.92 Å². The number of fused-ring (bicyclic) bond motifs is 1. The second kappa shape index (κ2) is 6.09. The molecule has 1 aromatic heterocycles. The molecule has 3 nitrogen and oxygen atoms in total. The van der Waals surface area contributed by atoms with Gasteiger partial charge in [-0.3, -0.25) is 4.90 Å². The van der Waals surface area contributed by atoms with Crippen molar-refractivity contribution in [2.75, 3.05) is 31.1 Å². The predicted octanol–water partition coefficient (Wildman–Crippen LogP) is 4.06. The van der Waals surface area contributed by atoms with Crippen LogP contribution in [0.2, 0.25) is 0 Å². The lowest BCUT2D eigenvalue weighted by molar-refractivity contribution is 0.250. The molecular weight excluding hydrogens is 284 g/mol. The zero-order chi connectivity index (χ0) is 15.6. The molecule has 0 aliphatic carbocycles. The number of furan rings is 1. The molecule has 1 aliphatic rings.